The zero-order valence-electron chi connectivity index (χ0n) is 40.6. The Morgan fingerprint density at radius 1 is 0.532 bits per heavy atom. The smallest absolute Gasteiger partial charge is 0.220 e. The SMILES string of the molecule is CCCCCC/C=C/C(O)C(COC1OC(CO)C(O)C(O)C1O)NC(=O)CCCCCCCCCCCCCCCCCCCCCCCCCCCCCCCCCCC. The summed E-state index contributed by atoms with van der Waals surface area (Å²) in [7, 11) is 0. The molecule has 9 heteroatoms. The largest absolute Gasteiger partial charge is 0.394 e. The highest BCUT2D eigenvalue weighted by atomic mass is 16.7. The van der Waals surface area contributed by atoms with Gasteiger partial charge in [0, 0.05) is 6.42 Å². The van der Waals surface area contributed by atoms with Gasteiger partial charge in [-0.05, 0) is 19.3 Å². The van der Waals surface area contributed by atoms with Crippen LogP contribution >= 0.6 is 0 Å². The van der Waals surface area contributed by atoms with Gasteiger partial charge in [0.2, 0.25) is 5.91 Å². The monoisotopic (exact) mass is 882 g/mol. The fraction of sp³-hybridized carbons (Fsp3) is 0.943. The summed E-state index contributed by atoms with van der Waals surface area (Å²) in [4.78, 5) is 12.9. The Labute approximate surface area is 382 Å². The van der Waals surface area contributed by atoms with Gasteiger partial charge in [0.05, 0.1) is 25.4 Å². The molecular weight excluding hydrogens is 779 g/mol. The number of amides is 1. The average Bonchev–Trinajstić information content (AvgIpc) is 3.27. The lowest BCUT2D eigenvalue weighted by molar-refractivity contribution is -0.302. The fourth-order valence-electron chi connectivity index (χ4n) is 8.81. The van der Waals surface area contributed by atoms with Crippen LogP contribution in [0.25, 0.3) is 0 Å². The van der Waals surface area contributed by atoms with Crippen molar-refractivity contribution in [2.24, 2.45) is 0 Å². The third kappa shape index (κ3) is 33.4. The van der Waals surface area contributed by atoms with Crippen molar-refractivity contribution in [2.45, 2.75) is 307 Å². The van der Waals surface area contributed by atoms with E-state index in [-0.39, 0.29) is 12.5 Å². The molecule has 9 nitrogen and oxygen atoms in total. The van der Waals surface area contributed by atoms with Gasteiger partial charge in [-0.15, -0.1) is 0 Å². The second-order valence-corrected chi connectivity index (χ2v) is 19.0. The Hall–Kier alpha value is -1.07. The summed E-state index contributed by atoms with van der Waals surface area (Å²) in [5.41, 5.74) is 0. The van der Waals surface area contributed by atoms with Crippen molar-refractivity contribution in [3.63, 3.8) is 0 Å². The minimum atomic E-state index is -1.56. The van der Waals surface area contributed by atoms with Crippen LogP contribution in [0, 0.1) is 0 Å². The molecule has 0 aliphatic carbocycles. The summed E-state index contributed by atoms with van der Waals surface area (Å²) >= 11 is 0. The van der Waals surface area contributed by atoms with E-state index in [9.17, 15) is 30.3 Å². The molecule has 1 rings (SSSR count). The predicted molar refractivity (Wildman–Crippen MR) is 258 cm³/mol. The van der Waals surface area contributed by atoms with Crippen molar-refractivity contribution in [1.29, 1.82) is 0 Å². The number of hydrogen-bond donors (Lipinski definition) is 6. The van der Waals surface area contributed by atoms with Gasteiger partial charge in [0.1, 0.15) is 24.4 Å². The van der Waals surface area contributed by atoms with Crippen LogP contribution in [0.15, 0.2) is 12.2 Å². The predicted octanol–water partition coefficient (Wildman–Crippen LogP) is 12.5. The van der Waals surface area contributed by atoms with Crippen molar-refractivity contribution < 1.29 is 39.8 Å². The van der Waals surface area contributed by atoms with E-state index < -0.39 is 49.5 Å². The van der Waals surface area contributed by atoms with Crippen LogP contribution < -0.4 is 5.32 Å². The summed E-state index contributed by atoms with van der Waals surface area (Å²) in [6, 6.07) is -0.796. The molecule has 1 amide bonds. The van der Waals surface area contributed by atoms with Gasteiger partial charge in [-0.25, -0.2) is 0 Å². The van der Waals surface area contributed by atoms with E-state index in [4.69, 9.17) is 9.47 Å². The van der Waals surface area contributed by atoms with Crippen LogP contribution in [0.3, 0.4) is 0 Å². The Kier molecular flexibility index (Phi) is 41.6. The first-order valence-electron chi connectivity index (χ1n) is 26.9. The molecular formula is C53H103NO8. The molecule has 0 aromatic rings. The van der Waals surface area contributed by atoms with E-state index in [1.165, 1.54) is 199 Å². The maximum absolute atomic E-state index is 12.9. The number of aliphatic hydroxyl groups is 5. The molecule has 6 N–H and O–H groups in total. The van der Waals surface area contributed by atoms with E-state index in [0.29, 0.717) is 6.42 Å². The van der Waals surface area contributed by atoms with Gasteiger partial charge in [-0.3, -0.25) is 4.79 Å². The maximum Gasteiger partial charge on any atom is 0.220 e. The normalized spacial score (nSPS) is 20.3. The van der Waals surface area contributed by atoms with Gasteiger partial charge >= 0.3 is 0 Å². The highest BCUT2D eigenvalue weighted by Gasteiger charge is 2.44. The van der Waals surface area contributed by atoms with E-state index in [1.807, 2.05) is 6.08 Å². The Morgan fingerprint density at radius 3 is 1.26 bits per heavy atom. The molecule has 1 saturated heterocycles. The minimum Gasteiger partial charge on any atom is -0.394 e. The Morgan fingerprint density at radius 2 is 0.887 bits per heavy atom. The maximum atomic E-state index is 12.9. The van der Waals surface area contributed by atoms with Crippen LogP contribution in [0.1, 0.15) is 264 Å². The summed E-state index contributed by atoms with van der Waals surface area (Å²) in [6.07, 6.45) is 46.3. The molecule has 1 fully saturated rings. The average molecular weight is 882 g/mol. The van der Waals surface area contributed by atoms with Gasteiger partial charge in [0.15, 0.2) is 6.29 Å². The fourth-order valence-corrected chi connectivity index (χ4v) is 8.81. The summed E-state index contributed by atoms with van der Waals surface area (Å²) in [6.45, 7) is 3.71. The highest BCUT2D eigenvalue weighted by Crippen LogP contribution is 2.23. The summed E-state index contributed by atoms with van der Waals surface area (Å²) < 4.78 is 11.2. The van der Waals surface area contributed by atoms with Crippen molar-refractivity contribution in [2.75, 3.05) is 13.2 Å². The van der Waals surface area contributed by atoms with Crippen LogP contribution in [-0.2, 0) is 14.3 Å². The lowest BCUT2D eigenvalue weighted by Gasteiger charge is -2.40. The molecule has 7 unspecified atom stereocenters. The molecule has 0 aromatic carbocycles. The number of allylic oxidation sites excluding steroid dienone is 1. The lowest BCUT2D eigenvalue weighted by atomic mass is 9.99. The van der Waals surface area contributed by atoms with Gasteiger partial charge < -0.3 is 40.3 Å². The molecule has 0 aromatic heterocycles. The van der Waals surface area contributed by atoms with E-state index in [2.05, 4.69) is 19.2 Å². The molecule has 1 aliphatic heterocycles. The van der Waals surface area contributed by atoms with Gasteiger partial charge in [-0.1, -0.05) is 251 Å². The van der Waals surface area contributed by atoms with E-state index in [0.717, 1.165) is 44.9 Å². The molecule has 0 spiro atoms. The first-order chi connectivity index (χ1) is 30.3. The second-order valence-electron chi connectivity index (χ2n) is 19.0. The number of unbranched alkanes of at least 4 members (excludes halogenated alkanes) is 36. The standard InChI is InChI=1S/C53H103NO8/c1-3-5-7-9-11-12-13-14-15-16-17-18-19-20-21-22-23-24-25-26-27-28-29-30-31-32-33-34-35-36-37-39-41-43-49(57)54-46(47(56)42-40-38-10-8-6-4-2)45-61-53-52(60)51(59)50(58)48(44-55)62-53/h40,42,46-48,50-53,55-56,58-60H,3-39,41,43-45H2,1-2H3,(H,54,57)/b42-40+. The van der Waals surface area contributed by atoms with Gasteiger partial charge in [-0.2, -0.15) is 0 Å². The Balaban J connectivity index is 1.99. The molecule has 0 radical (unpaired) electrons. The molecule has 0 bridgehead atoms. The number of rotatable bonds is 46. The van der Waals surface area contributed by atoms with Crippen LogP contribution in [0.4, 0.5) is 0 Å². The first kappa shape index (κ1) is 58.9. The third-order valence-corrected chi connectivity index (χ3v) is 13.1. The van der Waals surface area contributed by atoms with E-state index >= 15 is 0 Å². The third-order valence-electron chi connectivity index (χ3n) is 13.1. The van der Waals surface area contributed by atoms with Crippen molar-refractivity contribution >= 4 is 5.91 Å². The van der Waals surface area contributed by atoms with Crippen LogP contribution in [0.5, 0.6) is 0 Å². The quantitative estimate of drug-likeness (QED) is 0.0261. The zero-order valence-corrected chi connectivity index (χ0v) is 40.6. The number of carbonyl (C=O) groups is 1. The van der Waals surface area contributed by atoms with E-state index in [1.54, 1.807) is 6.08 Å². The minimum absolute atomic E-state index is 0.177. The second kappa shape index (κ2) is 43.8. The molecule has 0 saturated carbocycles. The summed E-state index contributed by atoms with van der Waals surface area (Å²) in [5.74, 6) is -0.177. The highest BCUT2D eigenvalue weighted by molar-refractivity contribution is 5.76. The number of hydrogen-bond acceptors (Lipinski definition) is 8. The first-order valence-corrected chi connectivity index (χ1v) is 26.9. The topological polar surface area (TPSA) is 149 Å². The molecule has 1 heterocycles. The van der Waals surface area contributed by atoms with Gasteiger partial charge in [0.25, 0.3) is 0 Å². The van der Waals surface area contributed by atoms with Crippen molar-refractivity contribution in [3.8, 4) is 0 Å². The van der Waals surface area contributed by atoms with Crippen LogP contribution in [-0.4, -0.2) is 87.5 Å². The van der Waals surface area contributed by atoms with Crippen molar-refractivity contribution in [1.82, 2.24) is 5.32 Å². The Bertz CT molecular complexity index is 981. The summed E-state index contributed by atoms with van der Waals surface area (Å²) in [5, 5.41) is 53.9. The molecule has 7 atom stereocenters. The van der Waals surface area contributed by atoms with Crippen molar-refractivity contribution in [3.05, 3.63) is 12.2 Å². The zero-order chi connectivity index (χ0) is 45.1. The number of carbonyl (C=O) groups excluding carboxylic acids is 1. The number of ether oxygens (including phenoxy) is 2. The molecule has 1 aliphatic rings. The van der Waals surface area contributed by atoms with Crippen LogP contribution in [0.2, 0.25) is 0 Å². The molecule has 368 valence electrons. The number of nitrogens with one attached hydrogen (secondary N) is 1. The number of aliphatic hydroxyl groups excluding tert-OH is 5. The molecule has 62 heavy (non-hydrogen) atoms. The lowest BCUT2D eigenvalue weighted by Crippen LogP contribution is -2.60.